The molecule has 0 radical (unpaired) electrons. The van der Waals surface area contributed by atoms with Crippen molar-refractivity contribution in [3.05, 3.63) is 104 Å². The number of aromatic nitrogens is 2. The van der Waals surface area contributed by atoms with Crippen LogP contribution in [0, 0.1) is 6.92 Å². The molecule has 8 nitrogen and oxygen atoms in total. The van der Waals surface area contributed by atoms with E-state index in [1.807, 2.05) is 0 Å². The first kappa shape index (κ1) is 25.4. The number of benzene rings is 2. The van der Waals surface area contributed by atoms with Gasteiger partial charge in [0.25, 0.3) is 11.2 Å². The van der Waals surface area contributed by atoms with Crippen LogP contribution in [0.1, 0.15) is 28.5 Å². The number of alkyl halides is 3. The number of aromatic amines is 1. The van der Waals surface area contributed by atoms with Crippen LogP contribution in [0.3, 0.4) is 0 Å². The van der Waals surface area contributed by atoms with Gasteiger partial charge in [0.15, 0.2) is 6.23 Å². The Hall–Kier alpha value is -3.70. The second-order valence-corrected chi connectivity index (χ2v) is 8.34. The summed E-state index contributed by atoms with van der Waals surface area (Å²) in [5, 5.41) is 0. The van der Waals surface area contributed by atoms with Crippen LogP contribution in [0.4, 0.5) is 13.2 Å². The molecule has 3 aromatic rings. The average Bonchev–Trinajstić information content (AvgIpc) is 2.85. The Labute approximate surface area is 203 Å². The molecule has 1 aromatic heterocycles. The lowest BCUT2D eigenvalue weighted by molar-refractivity contribution is -0.277. The number of rotatable bonds is 6. The minimum atomic E-state index is -5.11. The Balaban J connectivity index is 1.63. The van der Waals surface area contributed by atoms with Crippen LogP contribution in [0.25, 0.3) is 0 Å². The second kappa shape index (κ2) is 9.75. The lowest BCUT2D eigenvalue weighted by Gasteiger charge is -2.35. The van der Waals surface area contributed by atoms with Crippen molar-refractivity contribution in [3.8, 4) is 0 Å². The van der Waals surface area contributed by atoms with Crippen molar-refractivity contribution >= 4 is 5.97 Å². The molecule has 0 fully saturated rings. The Bertz CT molecular complexity index is 1370. The Morgan fingerprint density at radius 2 is 1.78 bits per heavy atom. The molecule has 0 unspecified atom stereocenters. The molecule has 0 amide bonds. The maximum Gasteiger partial charge on any atom is 0.432 e. The third kappa shape index (κ3) is 4.47. The normalized spacial score (nSPS) is 19.2. The first-order chi connectivity index (χ1) is 17.1. The number of ether oxygens (including phenoxy) is 3. The fourth-order valence-electron chi connectivity index (χ4n) is 4.24. The highest BCUT2D eigenvalue weighted by molar-refractivity contribution is 5.82. The van der Waals surface area contributed by atoms with Gasteiger partial charge in [-0.3, -0.25) is 14.3 Å². The van der Waals surface area contributed by atoms with Gasteiger partial charge in [0.1, 0.15) is 6.61 Å². The minimum Gasteiger partial charge on any atom is -0.460 e. The third-order valence-electron chi connectivity index (χ3n) is 6.06. The first-order valence-corrected chi connectivity index (χ1v) is 11.0. The van der Waals surface area contributed by atoms with Crippen LogP contribution >= 0.6 is 0 Å². The summed E-state index contributed by atoms with van der Waals surface area (Å²) in [6, 6.07) is 13.5. The maximum absolute atomic E-state index is 14.1. The zero-order valence-electron chi connectivity index (χ0n) is 19.4. The molecule has 2 heterocycles. The fraction of sp³-hybridized carbons (Fsp3) is 0.320. The molecule has 0 aliphatic carbocycles. The molecule has 4 rings (SSSR count). The van der Waals surface area contributed by atoms with Crippen LogP contribution in [0.5, 0.6) is 0 Å². The number of hydrogen-bond acceptors (Lipinski definition) is 6. The Morgan fingerprint density at radius 1 is 1.11 bits per heavy atom. The van der Waals surface area contributed by atoms with Crippen molar-refractivity contribution in [2.24, 2.45) is 0 Å². The number of hydrogen-bond donors (Lipinski definition) is 1. The van der Waals surface area contributed by atoms with E-state index in [0.717, 1.165) is 24.8 Å². The molecular weight excluding hydrogens is 481 g/mol. The summed E-state index contributed by atoms with van der Waals surface area (Å²) in [6.07, 6.45) is -5.43. The molecule has 3 atom stereocenters. The van der Waals surface area contributed by atoms with Crippen molar-refractivity contribution in [1.82, 2.24) is 9.55 Å². The zero-order valence-corrected chi connectivity index (χ0v) is 19.4. The molecule has 0 bridgehead atoms. The van der Waals surface area contributed by atoms with Gasteiger partial charge < -0.3 is 14.2 Å². The standard InChI is InChI=1S/C25H23F3N2O6/c1-15-13-30(23(33)29-20(15)31)21-19-11-7-6-8-16(19)12-18(36-21)14-35-22(32)24(34-2,25(26,27)28)17-9-4-3-5-10-17/h3-11,13,18,21H,12,14H2,1-2H3,(H,29,31,33)/t18-,21-,24-/m0/s1. The van der Waals surface area contributed by atoms with Crippen LogP contribution in [0.15, 0.2) is 70.4 Å². The van der Waals surface area contributed by atoms with Crippen LogP contribution in [0.2, 0.25) is 0 Å². The number of carbonyl (C=O) groups is 1. The quantitative estimate of drug-likeness (QED) is 0.519. The zero-order chi connectivity index (χ0) is 26.1. The molecule has 0 spiro atoms. The van der Waals surface area contributed by atoms with Crippen molar-refractivity contribution < 1.29 is 32.2 Å². The number of nitrogens with one attached hydrogen (secondary N) is 1. The number of nitrogens with zero attached hydrogens (tertiary/aromatic N) is 1. The van der Waals surface area contributed by atoms with E-state index in [1.165, 1.54) is 35.9 Å². The van der Waals surface area contributed by atoms with Gasteiger partial charge in [0.05, 0.1) is 6.10 Å². The van der Waals surface area contributed by atoms with Crippen molar-refractivity contribution in [3.63, 3.8) is 0 Å². The van der Waals surface area contributed by atoms with Gasteiger partial charge in [0.2, 0.25) is 0 Å². The van der Waals surface area contributed by atoms with Gasteiger partial charge in [0, 0.05) is 36.4 Å². The van der Waals surface area contributed by atoms with Gasteiger partial charge in [-0.05, 0) is 12.5 Å². The van der Waals surface area contributed by atoms with Crippen molar-refractivity contribution in [2.75, 3.05) is 13.7 Å². The lowest BCUT2D eigenvalue weighted by Crippen LogP contribution is -2.52. The number of methoxy groups -OCH3 is 1. The van der Waals surface area contributed by atoms with E-state index in [9.17, 15) is 27.6 Å². The molecule has 36 heavy (non-hydrogen) atoms. The van der Waals surface area contributed by atoms with Crippen LogP contribution < -0.4 is 11.2 Å². The summed E-state index contributed by atoms with van der Waals surface area (Å²) >= 11 is 0. The number of fused-ring (bicyclic) bond motifs is 1. The summed E-state index contributed by atoms with van der Waals surface area (Å²) in [5.41, 5.74) is -3.36. The van der Waals surface area contributed by atoms with Gasteiger partial charge in [-0.1, -0.05) is 54.6 Å². The number of aryl methyl sites for hydroxylation is 1. The topological polar surface area (TPSA) is 99.6 Å². The average molecular weight is 504 g/mol. The van der Waals surface area contributed by atoms with Gasteiger partial charge in [-0.25, -0.2) is 9.59 Å². The predicted molar refractivity (Wildman–Crippen MR) is 121 cm³/mol. The summed E-state index contributed by atoms with van der Waals surface area (Å²) < 4.78 is 59.5. The number of H-pyrrole nitrogens is 1. The van der Waals surface area contributed by atoms with Crippen molar-refractivity contribution in [1.29, 1.82) is 0 Å². The number of esters is 1. The monoisotopic (exact) mass is 504 g/mol. The summed E-state index contributed by atoms with van der Waals surface area (Å²) in [7, 11) is 0.788. The van der Waals surface area contributed by atoms with E-state index in [0.29, 0.717) is 5.56 Å². The number of carbonyl (C=O) groups excluding carboxylic acids is 1. The Morgan fingerprint density at radius 3 is 2.44 bits per heavy atom. The molecule has 0 saturated heterocycles. The molecule has 1 aliphatic heterocycles. The maximum atomic E-state index is 14.1. The highest BCUT2D eigenvalue weighted by Crippen LogP contribution is 2.43. The van der Waals surface area contributed by atoms with Crippen LogP contribution in [-0.4, -0.2) is 41.5 Å². The molecule has 1 N–H and O–H groups in total. The smallest absolute Gasteiger partial charge is 0.432 e. The van der Waals surface area contributed by atoms with Crippen LogP contribution in [-0.2, 0) is 31.0 Å². The Kier molecular flexibility index (Phi) is 6.87. The number of halogens is 3. The molecule has 11 heteroatoms. The van der Waals surface area contributed by atoms with E-state index < -0.39 is 53.5 Å². The molecule has 0 saturated carbocycles. The first-order valence-electron chi connectivity index (χ1n) is 11.0. The highest BCUT2D eigenvalue weighted by atomic mass is 19.4. The molecule has 2 aromatic carbocycles. The van der Waals surface area contributed by atoms with Gasteiger partial charge in [-0.15, -0.1) is 0 Å². The van der Waals surface area contributed by atoms with Gasteiger partial charge >= 0.3 is 17.8 Å². The SMILES string of the molecule is CO[C@](C(=O)OC[C@@H]1Cc2ccccc2[C@@H](n2cc(C)c(=O)[nH]c2=O)O1)(c1ccccc1)C(F)(F)F. The molecule has 190 valence electrons. The molecule has 1 aliphatic rings. The lowest BCUT2D eigenvalue weighted by atomic mass is 9.92. The van der Waals surface area contributed by atoms with E-state index in [2.05, 4.69) is 4.98 Å². The minimum absolute atomic E-state index is 0.217. The van der Waals surface area contributed by atoms with Gasteiger partial charge in [-0.2, -0.15) is 13.2 Å². The van der Waals surface area contributed by atoms with E-state index in [-0.39, 0.29) is 12.0 Å². The third-order valence-corrected chi connectivity index (χ3v) is 6.06. The van der Waals surface area contributed by atoms with E-state index in [1.54, 1.807) is 24.3 Å². The fourth-order valence-corrected chi connectivity index (χ4v) is 4.24. The highest BCUT2D eigenvalue weighted by Gasteiger charge is 2.64. The largest absolute Gasteiger partial charge is 0.460 e. The summed E-state index contributed by atoms with van der Waals surface area (Å²) in [4.78, 5) is 39.4. The summed E-state index contributed by atoms with van der Waals surface area (Å²) in [5.74, 6) is -1.64. The van der Waals surface area contributed by atoms with E-state index in [4.69, 9.17) is 14.2 Å². The summed E-state index contributed by atoms with van der Waals surface area (Å²) in [6.45, 7) is 0.989. The van der Waals surface area contributed by atoms with E-state index >= 15 is 0 Å². The second-order valence-electron chi connectivity index (χ2n) is 8.34. The van der Waals surface area contributed by atoms with Crippen molar-refractivity contribution in [2.45, 2.75) is 37.5 Å². The predicted octanol–water partition coefficient (Wildman–Crippen LogP) is 2.98. The molecular formula is C25H23F3N2O6.